The summed E-state index contributed by atoms with van der Waals surface area (Å²) in [6.07, 6.45) is 3.25. The van der Waals surface area contributed by atoms with Crippen molar-refractivity contribution in [3.8, 4) is 5.75 Å². The maximum absolute atomic E-state index is 13.0. The Morgan fingerprint density at radius 2 is 2.03 bits per heavy atom. The zero-order valence-corrected chi connectivity index (χ0v) is 17.0. The number of amides is 2. The van der Waals surface area contributed by atoms with Gasteiger partial charge < -0.3 is 19.9 Å². The first kappa shape index (κ1) is 19.3. The molecule has 2 aliphatic rings. The molecule has 1 fully saturated rings. The minimum Gasteiger partial charge on any atom is -0.496 e. The van der Waals surface area contributed by atoms with Gasteiger partial charge in [0, 0.05) is 30.8 Å². The number of nitrogens with one attached hydrogen (secondary N) is 1. The summed E-state index contributed by atoms with van der Waals surface area (Å²) in [5.74, 6) is 0.669. The summed E-state index contributed by atoms with van der Waals surface area (Å²) in [4.78, 5) is 30.0. The fourth-order valence-corrected chi connectivity index (χ4v) is 4.39. The molecule has 0 bridgehead atoms. The highest BCUT2D eigenvalue weighted by Gasteiger charge is 2.38. The predicted molar refractivity (Wildman–Crippen MR) is 112 cm³/mol. The van der Waals surface area contributed by atoms with Gasteiger partial charge in [-0.1, -0.05) is 18.2 Å². The van der Waals surface area contributed by atoms with E-state index >= 15 is 0 Å². The Balaban J connectivity index is 1.57. The summed E-state index contributed by atoms with van der Waals surface area (Å²) >= 11 is 0. The van der Waals surface area contributed by atoms with E-state index in [2.05, 4.69) is 17.1 Å². The van der Waals surface area contributed by atoms with E-state index in [1.54, 1.807) is 19.2 Å². The summed E-state index contributed by atoms with van der Waals surface area (Å²) < 4.78 is 5.35. The lowest BCUT2D eigenvalue weighted by molar-refractivity contribution is 0.0582. The van der Waals surface area contributed by atoms with Crippen LogP contribution in [-0.4, -0.2) is 43.1 Å². The summed E-state index contributed by atoms with van der Waals surface area (Å²) in [5, 5.41) is 2.96. The van der Waals surface area contributed by atoms with E-state index in [-0.39, 0.29) is 18.0 Å². The van der Waals surface area contributed by atoms with Crippen LogP contribution in [0.25, 0.3) is 0 Å². The topological polar surface area (TPSA) is 61.9 Å². The van der Waals surface area contributed by atoms with Gasteiger partial charge >= 0.3 is 0 Å². The van der Waals surface area contributed by atoms with Crippen LogP contribution < -0.4 is 15.0 Å². The molecule has 2 aromatic rings. The second-order valence-electron chi connectivity index (χ2n) is 7.49. The second kappa shape index (κ2) is 8.15. The molecule has 29 heavy (non-hydrogen) atoms. The highest BCUT2D eigenvalue weighted by atomic mass is 16.5. The predicted octanol–water partition coefficient (Wildman–Crippen LogP) is 3.42. The van der Waals surface area contributed by atoms with Gasteiger partial charge in [0.25, 0.3) is 11.8 Å². The van der Waals surface area contributed by atoms with Gasteiger partial charge in [-0.05, 0) is 50.5 Å². The number of benzene rings is 2. The molecular weight excluding hydrogens is 366 g/mol. The third-order valence-electron chi connectivity index (χ3n) is 5.86. The van der Waals surface area contributed by atoms with Crippen molar-refractivity contribution in [2.75, 3.05) is 25.1 Å². The minimum absolute atomic E-state index is 0.0791. The first-order valence-electron chi connectivity index (χ1n) is 10.3. The number of piperidine rings is 1. The van der Waals surface area contributed by atoms with E-state index in [4.69, 9.17) is 4.74 Å². The van der Waals surface area contributed by atoms with E-state index in [1.165, 1.54) is 0 Å². The van der Waals surface area contributed by atoms with Crippen LogP contribution in [0.1, 0.15) is 52.5 Å². The fraction of sp³-hybridized carbons (Fsp3) is 0.391. The molecule has 2 heterocycles. The summed E-state index contributed by atoms with van der Waals surface area (Å²) in [5.41, 5.74) is 3.04. The minimum atomic E-state index is -0.159. The van der Waals surface area contributed by atoms with Crippen molar-refractivity contribution in [1.82, 2.24) is 10.2 Å². The second-order valence-corrected chi connectivity index (χ2v) is 7.49. The largest absolute Gasteiger partial charge is 0.496 e. The average molecular weight is 393 g/mol. The van der Waals surface area contributed by atoms with Gasteiger partial charge in [-0.2, -0.15) is 0 Å². The van der Waals surface area contributed by atoms with Gasteiger partial charge in [-0.25, -0.2) is 0 Å². The average Bonchev–Trinajstić information content (AvgIpc) is 2.77. The van der Waals surface area contributed by atoms with Gasteiger partial charge in [0.05, 0.1) is 18.4 Å². The summed E-state index contributed by atoms with van der Waals surface area (Å²) in [7, 11) is 1.62. The van der Waals surface area contributed by atoms with Crippen LogP contribution in [0.5, 0.6) is 5.75 Å². The zero-order valence-electron chi connectivity index (χ0n) is 17.0. The van der Waals surface area contributed by atoms with Gasteiger partial charge in [-0.15, -0.1) is 0 Å². The molecule has 6 heteroatoms. The van der Waals surface area contributed by atoms with Gasteiger partial charge in [0.15, 0.2) is 0 Å². The van der Waals surface area contributed by atoms with Crippen LogP contribution in [0.4, 0.5) is 5.69 Å². The number of methoxy groups -OCH3 is 1. The van der Waals surface area contributed by atoms with Crippen LogP contribution >= 0.6 is 0 Å². The van der Waals surface area contributed by atoms with Gasteiger partial charge in [0.2, 0.25) is 0 Å². The highest BCUT2D eigenvalue weighted by Crippen LogP contribution is 2.35. The van der Waals surface area contributed by atoms with Crippen molar-refractivity contribution in [3.63, 3.8) is 0 Å². The molecule has 0 unspecified atom stereocenters. The normalized spacial score (nSPS) is 18.1. The van der Waals surface area contributed by atoms with E-state index in [0.717, 1.165) is 49.4 Å². The smallest absolute Gasteiger partial charge is 0.257 e. The Bertz CT molecular complexity index is 927. The SMILES string of the molecule is CCN1c2cc(C(=O)NCc3ccccc3OC)ccc2C(=O)N2CCCC[C@@H]21. The maximum atomic E-state index is 13.0. The van der Waals surface area contributed by atoms with E-state index in [9.17, 15) is 9.59 Å². The van der Waals surface area contributed by atoms with Crippen molar-refractivity contribution in [3.05, 3.63) is 59.2 Å². The molecule has 0 aliphatic carbocycles. The number of nitrogens with zero attached hydrogens (tertiary/aromatic N) is 2. The third-order valence-corrected chi connectivity index (χ3v) is 5.86. The molecule has 2 aromatic carbocycles. The molecule has 152 valence electrons. The third kappa shape index (κ3) is 3.55. The van der Waals surface area contributed by atoms with E-state index < -0.39 is 0 Å². The number of carbonyl (C=O) groups excluding carboxylic acids is 2. The lowest BCUT2D eigenvalue weighted by Gasteiger charge is -2.47. The van der Waals surface area contributed by atoms with Crippen molar-refractivity contribution >= 4 is 17.5 Å². The quantitative estimate of drug-likeness (QED) is 0.846. The van der Waals surface area contributed by atoms with E-state index in [1.807, 2.05) is 35.2 Å². The molecular formula is C23H27N3O3. The Hall–Kier alpha value is -3.02. The number of anilines is 1. The maximum Gasteiger partial charge on any atom is 0.257 e. The van der Waals surface area contributed by atoms with Crippen LogP contribution in [0.2, 0.25) is 0 Å². The van der Waals surface area contributed by atoms with Crippen molar-refractivity contribution in [2.45, 2.75) is 38.9 Å². The molecule has 2 aliphatic heterocycles. The molecule has 6 nitrogen and oxygen atoms in total. The molecule has 0 spiro atoms. The van der Waals surface area contributed by atoms with Crippen LogP contribution in [-0.2, 0) is 6.54 Å². The molecule has 0 aromatic heterocycles. The number of para-hydroxylation sites is 1. The van der Waals surface area contributed by atoms with Crippen LogP contribution in [0.15, 0.2) is 42.5 Å². The highest BCUT2D eigenvalue weighted by molar-refractivity contribution is 6.04. The Labute approximate surface area is 171 Å². The number of rotatable bonds is 5. The van der Waals surface area contributed by atoms with Crippen molar-refractivity contribution in [2.24, 2.45) is 0 Å². The number of ether oxygens (including phenoxy) is 1. The van der Waals surface area contributed by atoms with E-state index in [0.29, 0.717) is 17.7 Å². The lowest BCUT2D eigenvalue weighted by Crippen LogP contribution is -2.57. The summed E-state index contributed by atoms with van der Waals surface area (Å²) in [6, 6.07) is 13.0. The summed E-state index contributed by atoms with van der Waals surface area (Å²) in [6.45, 7) is 4.09. The number of hydrogen-bond acceptors (Lipinski definition) is 4. The number of carbonyl (C=O) groups is 2. The molecule has 0 saturated carbocycles. The Morgan fingerprint density at radius 1 is 1.21 bits per heavy atom. The molecule has 1 atom stereocenters. The molecule has 1 N–H and O–H groups in total. The molecule has 2 amide bonds. The van der Waals surface area contributed by atoms with Gasteiger partial charge in [-0.3, -0.25) is 9.59 Å². The number of fused-ring (bicyclic) bond motifs is 2. The Kier molecular flexibility index (Phi) is 5.43. The lowest BCUT2D eigenvalue weighted by atomic mass is 9.97. The fourth-order valence-electron chi connectivity index (χ4n) is 4.39. The standard InChI is InChI=1S/C23H27N3O3/c1-3-25-19-14-16(22(27)24-15-17-8-4-5-9-20(17)29-2)11-12-18(19)23(28)26-13-7-6-10-21(25)26/h4-5,8-9,11-12,14,21H,3,6-7,10,13,15H2,1-2H3,(H,24,27)/t21-/m1/s1. The molecule has 4 rings (SSSR count). The molecule has 0 radical (unpaired) electrons. The van der Waals surface area contributed by atoms with Crippen molar-refractivity contribution in [1.29, 1.82) is 0 Å². The van der Waals surface area contributed by atoms with Crippen molar-refractivity contribution < 1.29 is 14.3 Å². The molecule has 1 saturated heterocycles. The van der Waals surface area contributed by atoms with Crippen LogP contribution in [0, 0.1) is 0 Å². The first-order valence-corrected chi connectivity index (χ1v) is 10.3. The monoisotopic (exact) mass is 393 g/mol. The zero-order chi connectivity index (χ0) is 20.4. The number of hydrogen-bond donors (Lipinski definition) is 1. The first-order chi connectivity index (χ1) is 14.1. The Morgan fingerprint density at radius 3 is 2.83 bits per heavy atom. The van der Waals surface area contributed by atoms with Gasteiger partial charge in [0.1, 0.15) is 11.9 Å². The van der Waals surface area contributed by atoms with Crippen LogP contribution in [0.3, 0.4) is 0 Å².